The minimum Gasteiger partial charge on any atom is -0.306 e. The normalized spacial score (nSPS) is 20.5. The fourth-order valence-corrected chi connectivity index (χ4v) is 5.49. The number of rotatable bonds is 6. The Morgan fingerprint density at radius 3 is 2.67 bits per heavy atom. The zero-order valence-corrected chi connectivity index (χ0v) is 14.9. The van der Waals surface area contributed by atoms with Crippen molar-refractivity contribution in [2.24, 2.45) is 0 Å². The van der Waals surface area contributed by atoms with E-state index in [-0.39, 0.29) is 11.8 Å². The lowest BCUT2D eigenvalue weighted by Gasteiger charge is -2.24. The molecule has 1 heterocycles. The monoisotopic (exact) mass is 367 g/mol. The first-order valence-corrected chi connectivity index (χ1v) is 10.8. The summed E-state index contributed by atoms with van der Waals surface area (Å²) < 4.78 is 47.2. The van der Waals surface area contributed by atoms with E-state index in [1.54, 1.807) is 16.4 Å². The lowest BCUT2D eigenvalue weighted by atomic mass is 10.1. The van der Waals surface area contributed by atoms with Crippen LogP contribution in [0, 0.1) is 0 Å². The molecular formula is C17H21NO4S2. The standard InChI is InChI=1S/C17H21NO4S2/c19-23(20)12-4-8-16-7-3-11-18(16)24(21,22)17-10-9-14-5-1-2-6-15(14)13-17/h1-2,5-6,9-10,13,16H,3-4,7-8,11-12H2,(H,19,20). The van der Waals surface area contributed by atoms with E-state index in [9.17, 15) is 12.6 Å². The maximum atomic E-state index is 13.0. The molecular weight excluding hydrogens is 346 g/mol. The van der Waals surface area contributed by atoms with Crippen molar-refractivity contribution < 1.29 is 17.2 Å². The van der Waals surface area contributed by atoms with Crippen LogP contribution in [0.4, 0.5) is 0 Å². The van der Waals surface area contributed by atoms with Gasteiger partial charge in [0.15, 0.2) is 11.1 Å². The fraction of sp³-hybridized carbons (Fsp3) is 0.412. The SMILES string of the molecule is O=S(O)CCCC1CCCN1S(=O)(=O)c1ccc2ccccc2c1. The lowest BCUT2D eigenvalue weighted by Crippen LogP contribution is -2.35. The zero-order chi connectivity index (χ0) is 17.2. The third-order valence-corrected chi connectivity index (χ3v) is 7.09. The van der Waals surface area contributed by atoms with Gasteiger partial charge in [0, 0.05) is 18.3 Å². The van der Waals surface area contributed by atoms with Crippen LogP contribution < -0.4 is 0 Å². The smallest absolute Gasteiger partial charge is 0.243 e. The Hall–Kier alpha value is -1.28. The largest absolute Gasteiger partial charge is 0.306 e. The summed E-state index contributed by atoms with van der Waals surface area (Å²) >= 11 is -1.82. The van der Waals surface area contributed by atoms with Gasteiger partial charge in [-0.25, -0.2) is 12.6 Å². The summed E-state index contributed by atoms with van der Waals surface area (Å²) in [6, 6.07) is 12.8. The summed E-state index contributed by atoms with van der Waals surface area (Å²) in [5.74, 6) is 0.195. The van der Waals surface area contributed by atoms with Crippen molar-refractivity contribution in [3.8, 4) is 0 Å². The molecule has 2 aromatic rings. The molecule has 7 heteroatoms. The van der Waals surface area contributed by atoms with Gasteiger partial charge in [-0.1, -0.05) is 30.3 Å². The van der Waals surface area contributed by atoms with E-state index in [2.05, 4.69) is 0 Å². The van der Waals surface area contributed by atoms with Gasteiger partial charge in [-0.05, 0) is 48.6 Å². The predicted octanol–water partition coefficient (Wildman–Crippen LogP) is 2.99. The molecule has 1 aliphatic rings. The summed E-state index contributed by atoms with van der Waals surface area (Å²) in [4.78, 5) is 0.318. The summed E-state index contributed by atoms with van der Waals surface area (Å²) in [7, 11) is -3.54. The first-order chi connectivity index (χ1) is 11.5. The molecule has 1 aliphatic heterocycles. The van der Waals surface area contributed by atoms with Crippen molar-refractivity contribution in [1.29, 1.82) is 0 Å². The van der Waals surface area contributed by atoms with Crippen LogP contribution in [0.5, 0.6) is 0 Å². The molecule has 0 spiro atoms. The first-order valence-electron chi connectivity index (χ1n) is 8.06. The van der Waals surface area contributed by atoms with Crippen LogP contribution in [0.3, 0.4) is 0 Å². The highest BCUT2D eigenvalue weighted by Gasteiger charge is 2.34. The predicted molar refractivity (Wildman–Crippen MR) is 95.7 cm³/mol. The van der Waals surface area contributed by atoms with E-state index >= 15 is 0 Å². The van der Waals surface area contributed by atoms with Crippen molar-refractivity contribution in [1.82, 2.24) is 4.31 Å². The lowest BCUT2D eigenvalue weighted by molar-refractivity contribution is 0.368. The minimum absolute atomic E-state index is 0.0787. The number of hydrogen-bond acceptors (Lipinski definition) is 3. The molecule has 2 unspecified atom stereocenters. The average molecular weight is 367 g/mol. The van der Waals surface area contributed by atoms with Crippen LogP contribution in [0.25, 0.3) is 10.8 Å². The highest BCUT2D eigenvalue weighted by Crippen LogP contribution is 2.30. The van der Waals surface area contributed by atoms with Gasteiger partial charge in [-0.2, -0.15) is 4.31 Å². The third kappa shape index (κ3) is 3.69. The molecule has 2 aromatic carbocycles. The molecule has 0 aliphatic carbocycles. The Kier molecular flexibility index (Phi) is 5.34. The van der Waals surface area contributed by atoms with Gasteiger partial charge in [0.1, 0.15) is 0 Å². The molecule has 1 fully saturated rings. The van der Waals surface area contributed by atoms with Gasteiger partial charge in [0.05, 0.1) is 4.90 Å². The van der Waals surface area contributed by atoms with Crippen molar-refractivity contribution >= 4 is 31.9 Å². The van der Waals surface area contributed by atoms with E-state index < -0.39 is 21.1 Å². The van der Waals surface area contributed by atoms with E-state index in [4.69, 9.17) is 4.55 Å². The maximum Gasteiger partial charge on any atom is 0.243 e. The number of sulfonamides is 1. The quantitative estimate of drug-likeness (QED) is 0.797. The Morgan fingerprint density at radius 2 is 1.92 bits per heavy atom. The summed E-state index contributed by atoms with van der Waals surface area (Å²) in [5.41, 5.74) is 0. The van der Waals surface area contributed by atoms with Gasteiger partial charge in [0.25, 0.3) is 0 Å². The van der Waals surface area contributed by atoms with Crippen molar-refractivity contribution in [2.45, 2.75) is 36.6 Å². The summed E-state index contributed by atoms with van der Waals surface area (Å²) in [5, 5.41) is 1.92. The van der Waals surface area contributed by atoms with Crippen molar-refractivity contribution in [2.75, 3.05) is 12.3 Å². The van der Waals surface area contributed by atoms with Crippen molar-refractivity contribution in [3.63, 3.8) is 0 Å². The molecule has 3 rings (SSSR count). The van der Waals surface area contributed by atoms with Gasteiger partial charge in [0.2, 0.25) is 10.0 Å². The molecule has 130 valence electrons. The van der Waals surface area contributed by atoms with Crippen LogP contribution in [-0.4, -0.2) is 39.8 Å². The molecule has 1 saturated heterocycles. The molecule has 0 saturated carbocycles. The topological polar surface area (TPSA) is 74.7 Å². The second kappa shape index (κ2) is 7.31. The minimum atomic E-state index is -3.54. The van der Waals surface area contributed by atoms with E-state index in [0.29, 0.717) is 24.3 Å². The molecule has 0 radical (unpaired) electrons. The zero-order valence-electron chi connectivity index (χ0n) is 13.3. The molecule has 0 amide bonds. The van der Waals surface area contributed by atoms with Gasteiger partial charge in [-0.15, -0.1) is 0 Å². The second-order valence-corrected chi connectivity index (χ2v) is 9.03. The Morgan fingerprint density at radius 1 is 1.17 bits per heavy atom. The van der Waals surface area contributed by atoms with Gasteiger partial charge in [-0.3, -0.25) is 0 Å². The highest BCUT2D eigenvalue weighted by atomic mass is 32.2. The molecule has 0 bridgehead atoms. The first kappa shape index (κ1) is 17.5. The average Bonchev–Trinajstić information content (AvgIpc) is 3.03. The Bertz CT molecular complexity index is 851. The van der Waals surface area contributed by atoms with Crippen LogP contribution in [-0.2, 0) is 21.1 Å². The molecule has 0 aromatic heterocycles. The van der Waals surface area contributed by atoms with Crippen molar-refractivity contribution in [3.05, 3.63) is 42.5 Å². The van der Waals surface area contributed by atoms with E-state index in [1.165, 1.54) is 0 Å². The number of nitrogens with zero attached hydrogens (tertiary/aromatic N) is 1. The fourth-order valence-electron chi connectivity index (χ4n) is 3.32. The van der Waals surface area contributed by atoms with Crippen LogP contribution in [0.15, 0.2) is 47.4 Å². The molecule has 24 heavy (non-hydrogen) atoms. The van der Waals surface area contributed by atoms with Gasteiger partial charge >= 0.3 is 0 Å². The molecule has 5 nitrogen and oxygen atoms in total. The van der Waals surface area contributed by atoms with E-state index in [1.807, 2.05) is 30.3 Å². The molecule has 2 atom stereocenters. The summed E-state index contributed by atoms with van der Waals surface area (Å²) in [6.45, 7) is 0.516. The number of hydrogen-bond donors (Lipinski definition) is 1. The van der Waals surface area contributed by atoms with Crippen LogP contribution in [0.2, 0.25) is 0 Å². The molecule has 1 N–H and O–H groups in total. The summed E-state index contributed by atoms with van der Waals surface area (Å²) in [6.07, 6.45) is 2.82. The number of benzene rings is 2. The van der Waals surface area contributed by atoms with Crippen LogP contribution in [0.1, 0.15) is 25.7 Å². The maximum absolute atomic E-state index is 13.0. The van der Waals surface area contributed by atoms with Crippen LogP contribution >= 0.6 is 0 Å². The second-order valence-electron chi connectivity index (χ2n) is 6.09. The van der Waals surface area contributed by atoms with Gasteiger partial charge < -0.3 is 4.55 Å². The third-order valence-electron chi connectivity index (χ3n) is 4.51. The Labute approximate surface area is 145 Å². The number of fused-ring (bicyclic) bond motifs is 1. The van der Waals surface area contributed by atoms with E-state index in [0.717, 1.165) is 23.6 Å². The Balaban J connectivity index is 1.83. The highest BCUT2D eigenvalue weighted by molar-refractivity contribution is 7.89.